The first-order chi connectivity index (χ1) is 13.5. The van der Waals surface area contributed by atoms with Gasteiger partial charge in [-0.25, -0.2) is 18.6 Å². The number of hydrogen-bond donors (Lipinski definition) is 0. The van der Waals surface area contributed by atoms with E-state index in [2.05, 4.69) is 9.72 Å². The van der Waals surface area contributed by atoms with E-state index in [4.69, 9.17) is 0 Å². The van der Waals surface area contributed by atoms with Gasteiger partial charge in [0.05, 0.1) is 24.6 Å². The molecule has 0 saturated carbocycles. The van der Waals surface area contributed by atoms with Gasteiger partial charge in [-0.05, 0) is 54.8 Å². The minimum atomic E-state index is -0.670. The lowest BCUT2D eigenvalue weighted by atomic mass is 10.0. The van der Waals surface area contributed by atoms with E-state index in [0.717, 1.165) is 45.4 Å². The Labute approximate surface area is 169 Å². The number of nitrogens with zero attached hydrogens (tertiary/aromatic N) is 2. The van der Waals surface area contributed by atoms with Crippen LogP contribution in [0.15, 0.2) is 46.8 Å². The number of fused-ring (bicyclic) bond motifs is 1. The van der Waals surface area contributed by atoms with Gasteiger partial charge in [-0.2, -0.15) is 0 Å². The van der Waals surface area contributed by atoms with Crippen LogP contribution in [0.2, 0.25) is 0 Å². The molecule has 2 heterocycles. The summed E-state index contributed by atoms with van der Waals surface area (Å²) < 4.78 is 35.1. The molecule has 4 rings (SSSR count). The Balaban J connectivity index is 1.58. The van der Waals surface area contributed by atoms with Crippen molar-refractivity contribution < 1.29 is 18.3 Å². The summed E-state index contributed by atoms with van der Waals surface area (Å²) in [4.78, 5) is 16.2. The van der Waals surface area contributed by atoms with Gasteiger partial charge >= 0.3 is 5.97 Å². The van der Waals surface area contributed by atoms with Crippen molar-refractivity contribution in [1.82, 2.24) is 4.98 Å². The molecule has 0 radical (unpaired) electrons. The zero-order chi connectivity index (χ0) is 19.7. The maximum absolute atomic E-state index is 14.4. The van der Waals surface area contributed by atoms with Crippen LogP contribution in [0.1, 0.15) is 22.3 Å². The Morgan fingerprint density at radius 3 is 2.79 bits per heavy atom. The summed E-state index contributed by atoms with van der Waals surface area (Å²) in [5.41, 5.74) is 2.50. The fourth-order valence-electron chi connectivity index (χ4n) is 3.07. The maximum Gasteiger partial charge on any atom is 0.340 e. The minimum absolute atomic E-state index is 0.0375. The van der Waals surface area contributed by atoms with E-state index in [1.807, 2.05) is 4.31 Å². The van der Waals surface area contributed by atoms with Gasteiger partial charge in [0.1, 0.15) is 20.9 Å². The lowest BCUT2D eigenvalue weighted by Crippen LogP contribution is -2.23. The lowest BCUT2D eigenvalue weighted by Gasteiger charge is -2.29. The fourth-order valence-corrected chi connectivity index (χ4v) is 5.19. The van der Waals surface area contributed by atoms with Crippen LogP contribution in [-0.4, -0.2) is 24.6 Å². The van der Waals surface area contributed by atoms with Crippen LogP contribution in [0.5, 0.6) is 0 Å². The standard InChI is InChI=1S/C20H16F2N2O2S2/c1-26-20(25)15-9-13-3-2-8-24(17(13)10-16(15)22)28-18-11-23-19(27-18)12-4-6-14(21)7-5-12/h4-7,9-11H,2-3,8H2,1H3. The summed E-state index contributed by atoms with van der Waals surface area (Å²) in [5, 5.41) is 0.798. The molecule has 0 amide bonds. The molecule has 28 heavy (non-hydrogen) atoms. The third-order valence-electron chi connectivity index (χ3n) is 4.43. The van der Waals surface area contributed by atoms with Gasteiger partial charge < -0.3 is 9.04 Å². The Morgan fingerprint density at radius 2 is 2.04 bits per heavy atom. The lowest BCUT2D eigenvalue weighted by molar-refractivity contribution is 0.0595. The molecule has 1 aromatic heterocycles. The normalized spacial score (nSPS) is 13.3. The highest BCUT2D eigenvalue weighted by atomic mass is 32.2. The number of thiazole rings is 1. The van der Waals surface area contributed by atoms with Crippen molar-refractivity contribution in [2.45, 2.75) is 17.1 Å². The van der Waals surface area contributed by atoms with Crippen LogP contribution in [0.3, 0.4) is 0 Å². The van der Waals surface area contributed by atoms with Crippen molar-refractivity contribution in [3.05, 3.63) is 65.4 Å². The predicted octanol–water partition coefficient (Wildman–Crippen LogP) is 5.33. The van der Waals surface area contributed by atoms with E-state index in [1.165, 1.54) is 48.6 Å². The number of anilines is 1. The average molecular weight is 418 g/mol. The van der Waals surface area contributed by atoms with Gasteiger partial charge in [0.2, 0.25) is 0 Å². The molecule has 3 aromatic rings. The molecule has 0 bridgehead atoms. The van der Waals surface area contributed by atoms with Crippen molar-refractivity contribution in [2.24, 2.45) is 0 Å². The summed E-state index contributed by atoms with van der Waals surface area (Å²) in [6, 6.07) is 9.19. The number of aromatic nitrogens is 1. The van der Waals surface area contributed by atoms with Gasteiger partial charge in [-0.3, -0.25) is 0 Å². The largest absolute Gasteiger partial charge is 0.465 e. The quantitative estimate of drug-likeness (QED) is 0.423. The van der Waals surface area contributed by atoms with Crippen LogP contribution in [-0.2, 0) is 11.2 Å². The molecule has 1 aliphatic heterocycles. The Bertz CT molecular complexity index is 1020. The number of esters is 1. The molecular weight excluding hydrogens is 402 g/mol. The third-order valence-corrected chi connectivity index (χ3v) is 6.63. The zero-order valence-corrected chi connectivity index (χ0v) is 16.6. The molecule has 4 nitrogen and oxygen atoms in total. The van der Waals surface area contributed by atoms with E-state index in [0.29, 0.717) is 0 Å². The first kappa shape index (κ1) is 18.9. The Morgan fingerprint density at radius 1 is 1.25 bits per heavy atom. The molecule has 0 spiro atoms. The Kier molecular flexibility index (Phi) is 5.32. The molecule has 0 N–H and O–H groups in total. The summed E-state index contributed by atoms with van der Waals surface area (Å²) >= 11 is 2.98. The molecule has 1 aliphatic rings. The van der Waals surface area contributed by atoms with Crippen molar-refractivity contribution >= 4 is 34.9 Å². The van der Waals surface area contributed by atoms with Gasteiger partial charge in [0.25, 0.3) is 0 Å². The highest BCUT2D eigenvalue weighted by molar-refractivity contribution is 8.02. The number of hydrogen-bond acceptors (Lipinski definition) is 6. The maximum atomic E-state index is 14.4. The fraction of sp³-hybridized carbons (Fsp3) is 0.200. The van der Waals surface area contributed by atoms with Crippen LogP contribution >= 0.6 is 23.3 Å². The number of carbonyl (C=O) groups is 1. The zero-order valence-electron chi connectivity index (χ0n) is 14.9. The second kappa shape index (κ2) is 7.89. The number of benzene rings is 2. The highest BCUT2D eigenvalue weighted by Gasteiger charge is 2.24. The van der Waals surface area contributed by atoms with Crippen LogP contribution < -0.4 is 4.31 Å². The van der Waals surface area contributed by atoms with Gasteiger partial charge in [0.15, 0.2) is 0 Å². The molecule has 8 heteroatoms. The number of halogens is 2. The second-order valence-electron chi connectivity index (χ2n) is 6.24. The molecule has 144 valence electrons. The SMILES string of the molecule is COC(=O)c1cc2c(cc1F)N(Sc1cnc(-c3ccc(F)cc3)s1)CCC2. The van der Waals surface area contributed by atoms with Crippen molar-refractivity contribution in [3.8, 4) is 10.6 Å². The first-order valence-electron chi connectivity index (χ1n) is 8.63. The third kappa shape index (κ3) is 3.74. The smallest absolute Gasteiger partial charge is 0.340 e. The van der Waals surface area contributed by atoms with Crippen molar-refractivity contribution in [2.75, 3.05) is 18.0 Å². The van der Waals surface area contributed by atoms with Gasteiger partial charge in [0, 0.05) is 24.1 Å². The highest BCUT2D eigenvalue weighted by Crippen LogP contribution is 2.40. The molecule has 0 atom stereocenters. The van der Waals surface area contributed by atoms with E-state index in [1.54, 1.807) is 24.4 Å². The summed E-state index contributed by atoms with van der Waals surface area (Å²) in [6.45, 7) is 0.762. The predicted molar refractivity (Wildman–Crippen MR) is 107 cm³/mol. The van der Waals surface area contributed by atoms with Crippen LogP contribution in [0.25, 0.3) is 10.6 Å². The van der Waals surface area contributed by atoms with E-state index < -0.39 is 11.8 Å². The minimum Gasteiger partial charge on any atom is -0.465 e. The van der Waals surface area contributed by atoms with E-state index >= 15 is 0 Å². The number of methoxy groups -OCH3 is 1. The number of carbonyl (C=O) groups excluding carboxylic acids is 1. The van der Waals surface area contributed by atoms with Crippen LogP contribution in [0.4, 0.5) is 14.5 Å². The van der Waals surface area contributed by atoms with E-state index in [9.17, 15) is 13.6 Å². The summed E-state index contributed by atoms with van der Waals surface area (Å²) in [7, 11) is 1.24. The molecule has 0 aliphatic carbocycles. The Hall–Kier alpha value is -2.45. The monoisotopic (exact) mass is 418 g/mol. The average Bonchev–Trinajstić information content (AvgIpc) is 3.16. The topological polar surface area (TPSA) is 42.4 Å². The van der Waals surface area contributed by atoms with E-state index in [-0.39, 0.29) is 11.4 Å². The van der Waals surface area contributed by atoms with Gasteiger partial charge in [-0.15, -0.1) is 11.3 Å². The second-order valence-corrected chi connectivity index (χ2v) is 8.59. The molecular formula is C20H16F2N2O2S2. The van der Waals surface area contributed by atoms with Crippen molar-refractivity contribution in [1.29, 1.82) is 0 Å². The first-order valence-corrected chi connectivity index (χ1v) is 10.2. The molecule has 0 saturated heterocycles. The summed E-state index contributed by atoms with van der Waals surface area (Å²) in [5.74, 6) is -1.54. The van der Waals surface area contributed by atoms with Crippen LogP contribution in [0, 0.1) is 11.6 Å². The summed E-state index contributed by atoms with van der Waals surface area (Å²) in [6.07, 6.45) is 3.44. The molecule has 0 unspecified atom stereocenters. The number of rotatable bonds is 4. The molecule has 2 aromatic carbocycles. The number of ether oxygens (including phenoxy) is 1. The van der Waals surface area contributed by atoms with Gasteiger partial charge in [-0.1, -0.05) is 0 Å². The molecule has 0 fully saturated rings. The van der Waals surface area contributed by atoms with Crippen molar-refractivity contribution in [3.63, 3.8) is 0 Å². The number of aryl methyl sites for hydroxylation is 1.